The summed E-state index contributed by atoms with van der Waals surface area (Å²) in [6.07, 6.45) is 3.52. The van der Waals surface area contributed by atoms with Gasteiger partial charge in [0.1, 0.15) is 6.33 Å². The first-order valence-electron chi connectivity index (χ1n) is 6.73. The molecule has 2 aromatic rings. The molecule has 1 saturated heterocycles. The number of hydrogen-bond donors (Lipinski definition) is 1. The second-order valence-electron chi connectivity index (χ2n) is 4.97. The number of likely N-dealkylation sites (tertiary alicyclic amines) is 1. The van der Waals surface area contributed by atoms with Gasteiger partial charge in [-0.3, -0.25) is 9.69 Å². The van der Waals surface area contributed by atoms with Crippen molar-refractivity contribution in [2.45, 2.75) is 25.4 Å². The molecular weight excluding hydrogens is 254 g/mol. The number of para-hydroxylation sites is 1. The molecule has 2 heterocycles. The maximum Gasteiger partial charge on any atom is 0.234 e. The molecule has 0 bridgehead atoms. The highest BCUT2D eigenvalue weighted by atomic mass is 16.1. The molecule has 0 aliphatic carbocycles. The normalized spacial score (nSPS) is 19.3. The van der Waals surface area contributed by atoms with E-state index >= 15 is 0 Å². The van der Waals surface area contributed by atoms with Crippen LogP contribution in [0, 0.1) is 0 Å². The van der Waals surface area contributed by atoms with E-state index in [0.29, 0.717) is 12.4 Å². The number of benzene rings is 1. The van der Waals surface area contributed by atoms with Crippen molar-refractivity contribution in [3.8, 4) is 5.69 Å². The van der Waals surface area contributed by atoms with Crippen LogP contribution in [0.25, 0.3) is 5.69 Å². The average Bonchev–Trinajstić information content (AvgIpc) is 3.09. The molecule has 104 valence electrons. The fourth-order valence-electron chi connectivity index (χ4n) is 2.59. The zero-order chi connectivity index (χ0) is 13.9. The van der Waals surface area contributed by atoms with E-state index in [-0.39, 0.29) is 11.9 Å². The molecule has 0 radical (unpaired) electrons. The summed E-state index contributed by atoms with van der Waals surface area (Å²) in [7, 11) is 0. The number of nitrogens with two attached hydrogens (primary N) is 1. The Hall–Kier alpha value is -2.21. The van der Waals surface area contributed by atoms with Gasteiger partial charge in [-0.15, -0.1) is 5.10 Å². The van der Waals surface area contributed by atoms with Crippen molar-refractivity contribution in [1.82, 2.24) is 19.7 Å². The third-order valence-electron chi connectivity index (χ3n) is 3.60. The molecule has 1 unspecified atom stereocenters. The molecule has 1 aromatic carbocycles. The van der Waals surface area contributed by atoms with Crippen molar-refractivity contribution in [2.24, 2.45) is 5.73 Å². The smallest absolute Gasteiger partial charge is 0.234 e. The van der Waals surface area contributed by atoms with E-state index in [1.807, 2.05) is 35.2 Å². The first kappa shape index (κ1) is 12.8. The molecule has 20 heavy (non-hydrogen) atoms. The molecule has 1 aliphatic heterocycles. The van der Waals surface area contributed by atoms with Gasteiger partial charge in [-0.2, -0.15) is 0 Å². The van der Waals surface area contributed by atoms with Gasteiger partial charge in [0.05, 0.1) is 18.3 Å². The van der Waals surface area contributed by atoms with E-state index in [4.69, 9.17) is 5.73 Å². The quantitative estimate of drug-likeness (QED) is 0.888. The standard InChI is InChI=1S/C14H17N5O/c15-14(20)12-7-4-8-18(12)9-13-16-10-19(17-13)11-5-2-1-3-6-11/h1-3,5-6,10,12H,4,7-9H2,(H2,15,20). The van der Waals surface area contributed by atoms with Gasteiger partial charge in [-0.1, -0.05) is 18.2 Å². The Bertz CT molecular complexity index is 595. The number of rotatable bonds is 4. The Morgan fingerprint density at radius 1 is 1.35 bits per heavy atom. The van der Waals surface area contributed by atoms with Gasteiger partial charge >= 0.3 is 0 Å². The SMILES string of the molecule is NC(=O)C1CCCN1Cc1ncn(-c2ccccc2)n1. The number of carbonyl (C=O) groups is 1. The van der Waals surface area contributed by atoms with E-state index in [0.717, 1.165) is 25.1 Å². The Balaban J connectivity index is 1.73. The van der Waals surface area contributed by atoms with E-state index in [2.05, 4.69) is 10.1 Å². The van der Waals surface area contributed by atoms with Crippen LogP contribution in [0.5, 0.6) is 0 Å². The zero-order valence-electron chi connectivity index (χ0n) is 11.1. The Labute approximate surface area is 117 Å². The molecule has 0 spiro atoms. The number of hydrogen-bond acceptors (Lipinski definition) is 4. The van der Waals surface area contributed by atoms with Crippen molar-refractivity contribution in [3.63, 3.8) is 0 Å². The van der Waals surface area contributed by atoms with Crippen molar-refractivity contribution < 1.29 is 4.79 Å². The fourth-order valence-corrected chi connectivity index (χ4v) is 2.59. The fraction of sp³-hybridized carbons (Fsp3) is 0.357. The van der Waals surface area contributed by atoms with Crippen LogP contribution in [0.4, 0.5) is 0 Å². The van der Waals surface area contributed by atoms with Crippen LogP contribution in [0.1, 0.15) is 18.7 Å². The van der Waals surface area contributed by atoms with Gasteiger partial charge < -0.3 is 5.73 Å². The van der Waals surface area contributed by atoms with E-state index in [1.54, 1.807) is 11.0 Å². The first-order chi connectivity index (χ1) is 9.74. The second kappa shape index (κ2) is 5.42. The summed E-state index contributed by atoms with van der Waals surface area (Å²) in [6, 6.07) is 9.64. The van der Waals surface area contributed by atoms with Gasteiger partial charge in [0, 0.05) is 0 Å². The average molecular weight is 271 g/mol. The summed E-state index contributed by atoms with van der Waals surface area (Å²) in [4.78, 5) is 17.7. The summed E-state index contributed by atoms with van der Waals surface area (Å²) in [5.74, 6) is 0.451. The molecule has 1 aliphatic rings. The molecule has 1 amide bonds. The van der Waals surface area contributed by atoms with Crippen molar-refractivity contribution in [3.05, 3.63) is 42.5 Å². The van der Waals surface area contributed by atoms with Crippen molar-refractivity contribution in [1.29, 1.82) is 0 Å². The third kappa shape index (κ3) is 2.55. The van der Waals surface area contributed by atoms with Crippen LogP contribution < -0.4 is 5.73 Å². The minimum absolute atomic E-state index is 0.182. The molecular formula is C14H17N5O. The lowest BCUT2D eigenvalue weighted by atomic mass is 10.2. The van der Waals surface area contributed by atoms with Gasteiger partial charge in [0.2, 0.25) is 5.91 Å². The second-order valence-corrected chi connectivity index (χ2v) is 4.97. The molecule has 6 nitrogen and oxygen atoms in total. The highest BCUT2D eigenvalue weighted by Crippen LogP contribution is 2.18. The maximum atomic E-state index is 11.4. The van der Waals surface area contributed by atoms with Crippen LogP contribution >= 0.6 is 0 Å². The number of carbonyl (C=O) groups excluding carboxylic acids is 1. The van der Waals surface area contributed by atoms with Gasteiger partial charge in [0.15, 0.2) is 5.82 Å². The number of nitrogens with zero attached hydrogens (tertiary/aromatic N) is 4. The predicted molar refractivity (Wildman–Crippen MR) is 74.0 cm³/mol. The van der Waals surface area contributed by atoms with Gasteiger partial charge in [-0.05, 0) is 31.5 Å². The van der Waals surface area contributed by atoms with Gasteiger partial charge in [0.25, 0.3) is 0 Å². The summed E-state index contributed by atoms with van der Waals surface area (Å²) < 4.78 is 1.74. The maximum absolute atomic E-state index is 11.4. The molecule has 3 rings (SSSR count). The number of amides is 1. The molecule has 1 atom stereocenters. The lowest BCUT2D eigenvalue weighted by molar-refractivity contribution is -0.122. The van der Waals surface area contributed by atoms with E-state index in [9.17, 15) is 4.79 Å². The Morgan fingerprint density at radius 2 is 2.15 bits per heavy atom. The Kier molecular flexibility index (Phi) is 3.47. The highest BCUT2D eigenvalue weighted by Gasteiger charge is 2.29. The first-order valence-corrected chi connectivity index (χ1v) is 6.73. The summed E-state index contributed by atoms with van der Waals surface area (Å²) in [5.41, 5.74) is 6.38. The highest BCUT2D eigenvalue weighted by molar-refractivity contribution is 5.80. The van der Waals surface area contributed by atoms with Crippen LogP contribution in [-0.4, -0.2) is 38.2 Å². The largest absolute Gasteiger partial charge is 0.368 e. The lowest BCUT2D eigenvalue weighted by Crippen LogP contribution is -2.40. The van der Waals surface area contributed by atoms with Crippen LogP contribution in [0.3, 0.4) is 0 Å². The number of primary amides is 1. The van der Waals surface area contributed by atoms with Crippen LogP contribution in [0.15, 0.2) is 36.7 Å². The topological polar surface area (TPSA) is 77.0 Å². The predicted octanol–water partition coefficient (Wildman–Crippen LogP) is 0.717. The Morgan fingerprint density at radius 3 is 2.90 bits per heavy atom. The molecule has 1 aromatic heterocycles. The lowest BCUT2D eigenvalue weighted by Gasteiger charge is -2.19. The van der Waals surface area contributed by atoms with Crippen molar-refractivity contribution >= 4 is 5.91 Å². The monoisotopic (exact) mass is 271 g/mol. The number of aromatic nitrogens is 3. The minimum Gasteiger partial charge on any atom is -0.368 e. The van der Waals surface area contributed by atoms with E-state index < -0.39 is 0 Å². The molecule has 6 heteroatoms. The molecule has 0 saturated carbocycles. The van der Waals surface area contributed by atoms with Crippen LogP contribution in [0.2, 0.25) is 0 Å². The summed E-state index contributed by atoms with van der Waals surface area (Å²) in [5, 5.41) is 4.45. The summed E-state index contributed by atoms with van der Waals surface area (Å²) in [6.45, 7) is 1.43. The third-order valence-corrected chi connectivity index (χ3v) is 3.60. The van der Waals surface area contributed by atoms with E-state index in [1.165, 1.54) is 0 Å². The van der Waals surface area contributed by atoms with Crippen molar-refractivity contribution in [2.75, 3.05) is 6.54 Å². The van der Waals surface area contributed by atoms with Gasteiger partial charge in [-0.25, -0.2) is 9.67 Å². The molecule has 1 fully saturated rings. The zero-order valence-corrected chi connectivity index (χ0v) is 11.1. The summed E-state index contributed by atoms with van der Waals surface area (Å²) >= 11 is 0. The minimum atomic E-state index is -0.259. The van der Waals surface area contributed by atoms with Crippen LogP contribution in [-0.2, 0) is 11.3 Å². The molecule has 2 N–H and O–H groups in total.